The molecule has 1 aliphatic rings. The zero-order valence-electron chi connectivity index (χ0n) is 26.7. The predicted octanol–water partition coefficient (Wildman–Crippen LogP) is 7.29. The van der Waals surface area contributed by atoms with Crippen molar-refractivity contribution in [2.24, 2.45) is 0 Å². The van der Waals surface area contributed by atoms with Crippen LogP contribution >= 0.6 is 23.2 Å². The van der Waals surface area contributed by atoms with Crippen LogP contribution in [-0.2, 0) is 32.6 Å². The first-order valence-electron chi connectivity index (χ1n) is 16.0. The molecule has 252 valence electrons. The van der Waals surface area contributed by atoms with Gasteiger partial charge in [0.15, 0.2) is 0 Å². The number of benzene rings is 4. The Hall–Kier alpha value is -4.05. The molecule has 1 aliphatic carbocycles. The number of ether oxygens (including phenoxy) is 1. The number of amides is 2. The van der Waals surface area contributed by atoms with Gasteiger partial charge in [0, 0.05) is 34.6 Å². The van der Waals surface area contributed by atoms with Gasteiger partial charge in [0.2, 0.25) is 11.8 Å². The fourth-order valence-electron chi connectivity index (χ4n) is 6.02. The van der Waals surface area contributed by atoms with Crippen LogP contribution in [0.4, 0.5) is 5.69 Å². The quantitative estimate of drug-likeness (QED) is 0.158. The second-order valence-corrected chi connectivity index (χ2v) is 14.4. The highest BCUT2D eigenvalue weighted by Crippen LogP contribution is 2.33. The topological polar surface area (TPSA) is 96.0 Å². The van der Waals surface area contributed by atoms with Crippen molar-refractivity contribution in [1.82, 2.24) is 10.2 Å². The molecule has 8 nitrogen and oxygen atoms in total. The van der Waals surface area contributed by atoms with Crippen LogP contribution in [-0.4, -0.2) is 50.9 Å². The first-order chi connectivity index (χ1) is 23.2. The van der Waals surface area contributed by atoms with Crippen molar-refractivity contribution >= 4 is 50.7 Å². The molecule has 2 amide bonds. The molecule has 1 atom stereocenters. The van der Waals surface area contributed by atoms with E-state index in [4.69, 9.17) is 27.9 Å². The number of methoxy groups -OCH3 is 1. The summed E-state index contributed by atoms with van der Waals surface area (Å²) in [6.45, 7) is -0.750. The normalized spacial score (nSPS) is 14.1. The van der Waals surface area contributed by atoms with Crippen LogP contribution in [0.5, 0.6) is 5.75 Å². The van der Waals surface area contributed by atoms with Crippen molar-refractivity contribution in [3.63, 3.8) is 0 Å². The van der Waals surface area contributed by atoms with Gasteiger partial charge in [0.1, 0.15) is 18.3 Å². The van der Waals surface area contributed by atoms with Gasteiger partial charge in [-0.2, -0.15) is 0 Å². The fraction of sp³-hybridized carbons (Fsp3) is 0.297. The Morgan fingerprint density at radius 1 is 0.833 bits per heavy atom. The van der Waals surface area contributed by atoms with Crippen LogP contribution in [0.3, 0.4) is 0 Å². The minimum Gasteiger partial charge on any atom is -0.495 e. The minimum atomic E-state index is -4.28. The van der Waals surface area contributed by atoms with E-state index in [1.54, 1.807) is 60.7 Å². The van der Waals surface area contributed by atoms with Gasteiger partial charge in [-0.3, -0.25) is 13.9 Å². The maximum absolute atomic E-state index is 14.8. The zero-order valence-corrected chi connectivity index (χ0v) is 29.1. The minimum absolute atomic E-state index is 0.000261. The highest BCUT2D eigenvalue weighted by Gasteiger charge is 2.36. The van der Waals surface area contributed by atoms with Crippen molar-refractivity contribution in [1.29, 1.82) is 0 Å². The molecule has 1 fully saturated rings. The van der Waals surface area contributed by atoms with E-state index in [2.05, 4.69) is 5.32 Å². The maximum Gasteiger partial charge on any atom is 0.264 e. The van der Waals surface area contributed by atoms with Crippen molar-refractivity contribution in [3.05, 3.63) is 124 Å². The molecule has 4 aromatic carbocycles. The molecule has 4 aromatic rings. The van der Waals surface area contributed by atoms with Crippen molar-refractivity contribution in [2.45, 2.75) is 62.0 Å². The molecule has 0 spiro atoms. The van der Waals surface area contributed by atoms with Gasteiger partial charge in [-0.05, 0) is 54.8 Å². The summed E-state index contributed by atoms with van der Waals surface area (Å²) in [7, 11) is -2.84. The number of carbonyl (C=O) groups is 2. The van der Waals surface area contributed by atoms with E-state index < -0.39 is 28.5 Å². The van der Waals surface area contributed by atoms with Crippen molar-refractivity contribution in [3.8, 4) is 5.75 Å². The number of halogens is 2. The van der Waals surface area contributed by atoms with Gasteiger partial charge in [0.05, 0.1) is 17.7 Å². The van der Waals surface area contributed by atoms with E-state index in [9.17, 15) is 18.0 Å². The number of para-hydroxylation sites is 2. The third-order valence-corrected chi connectivity index (χ3v) is 11.1. The summed E-state index contributed by atoms with van der Waals surface area (Å²) < 4.78 is 35.1. The summed E-state index contributed by atoms with van der Waals surface area (Å²) in [5.74, 6) is -0.672. The van der Waals surface area contributed by atoms with Gasteiger partial charge in [-0.15, -0.1) is 0 Å². The third kappa shape index (κ3) is 8.50. The van der Waals surface area contributed by atoms with E-state index in [0.29, 0.717) is 15.6 Å². The molecule has 0 unspecified atom stereocenters. The average Bonchev–Trinajstić information content (AvgIpc) is 3.11. The number of hydrogen-bond acceptors (Lipinski definition) is 5. The van der Waals surface area contributed by atoms with E-state index in [0.717, 1.165) is 42.0 Å². The Kier molecular flexibility index (Phi) is 12.0. The predicted molar refractivity (Wildman–Crippen MR) is 190 cm³/mol. The SMILES string of the molecule is COc1ccccc1N(CC(=O)N(Cc1c(Cl)cccc1Cl)[C@H](Cc1ccccc1)C(=O)NC1CCCCC1)S(=O)(=O)c1ccccc1. The highest BCUT2D eigenvalue weighted by atomic mass is 35.5. The molecule has 0 heterocycles. The Labute approximate surface area is 292 Å². The smallest absolute Gasteiger partial charge is 0.264 e. The van der Waals surface area contributed by atoms with Crippen LogP contribution in [0.15, 0.2) is 108 Å². The van der Waals surface area contributed by atoms with Crippen LogP contribution in [0.2, 0.25) is 10.0 Å². The number of sulfonamides is 1. The molecular weight excluding hydrogens is 669 g/mol. The lowest BCUT2D eigenvalue weighted by Crippen LogP contribution is -2.55. The Morgan fingerprint density at radius 2 is 1.44 bits per heavy atom. The lowest BCUT2D eigenvalue weighted by atomic mass is 9.94. The average molecular weight is 709 g/mol. The number of carbonyl (C=O) groups excluding carboxylic acids is 2. The van der Waals surface area contributed by atoms with Crippen LogP contribution in [0.25, 0.3) is 0 Å². The Balaban J connectivity index is 1.61. The molecule has 0 radical (unpaired) electrons. The number of hydrogen-bond donors (Lipinski definition) is 1. The van der Waals surface area contributed by atoms with E-state index in [1.807, 2.05) is 30.3 Å². The fourth-order valence-corrected chi connectivity index (χ4v) is 7.98. The summed E-state index contributed by atoms with van der Waals surface area (Å²) in [6, 6.07) is 27.9. The van der Waals surface area contributed by atoms with Crippen molar-refractivity contribution < 1.29 is 22.7 Å². The van der Waals surface area contributed by atoms with Crippen molar-refractivity contribution in [2.75, 3.05) is 18.0 Å². The monoisotopic (exact) mass is 707 g/mol. The van der Waals surface area contributed by atoms with Crippen LogP contribution in [0.1, 0.15) is 43.2 Å². The van der Waals surface area contributed by atoms with Crippen LogP contribution in [0, 0.1) is 0 Å². The Morgan fingerprint density at radius 3 is 2.08 bits per heavy atom. The molecule has 0 saturated heterocycles. The summed E-state index contributed by atoms with van der Waals surface area (Å²) in [4.78, 5) is 30.5. The third-order valence-electron chi connectivity index (χ3n) is 8.58. The number of nitrogens with one attached hydrogen (secondary N) is 1. The molecule has 5 rings (SSSR count). The van der Waals surface area contributed by atoms with Gasteiger partial charge in [-0.1, -0.05) is 109 Å². The standard InChI is InChI=1S/C37H39Cl2N3O5S/c1-47-35-23-12-11-22-33(35)42(48(45,46)29-18-9-4-10-19-29)26-36(43)41(25-30-31(38)20-13-21-32(30)39)34(24-27-14-5-2-6-15-27)37(44)40-28-16-7-3-8-17-28/h2,4-6,9-15,18-23,28,34H,3,7-8,16-17,24-26H2,1H3,(H,40,44)/t34-/m1/s1. The van der Waals surface area contributed by atoms with Gasteiger partial charge in [0.25, 0.3) is 10.0 Å². The first kappa shape index (κ1) is 35.3. The van der Waals surface area contributed by atoms with Crippen LogP contribution < -0.4 is 14.4 Å². The first-order valence-corrected chi connectivity index (χ1v) is 18.2. The van der Waals surface area contributed by atoms with E-state index in [-0.39, 0.29) is 41.2 Å². The number of rotatable bonds is 13. The second-order valence-electron chi connectivity index (χ2n) is 11.8. The summed E-state index contributed by atoms with van der Waals surface area (Å²) in [6.07, 6.45) is 5.03. The van der Waals surface area contributed by atoms with Gasteiger partial charge in [-0.25, -0.2) is 8.42 Å². The summed E-state index contributed by atoms with van der Waals surface area (Å²) in [5, 5.41) is 3.85. The second kappa shape index (κ2) is 16.4. The van der Waals surface area contributed by atoms with E-state index >= 15 is 0 Å². The molecule has 0 bridgehead atoms. The lowest BCUT2D eigenvalue weighted by molar-refractivity contribution is -0.140. The number of nitrogens with zero attached hydrogens (tertiary/aromatic N) is 2. The molecule has 0 aliphatic heterocycles. The highest BCUT2D eigenvalue weighted by molar-refractivity contribution is 7.92. The summed E-state index contributed by atoms with van der Waals surface area (Å²) >= 11 is 13.3. The largest absolute Gasteiger partial charge is 0.495 e. The molecule has 11 heteroatoms. The lowest BCUT2D eigenvalue weighted by Gasteiger charge is -2.35. The molecule has 0 aromatic heterocycles. The van der Waals surface area contributed by atoms with E-state index in [1.165, 1.54) is 24.1 Å². The molecule has 1 N–H and O–H groups in total. The number of anilines is 1. The summed E-state index contributed by atoms with van der Waals surface area (Å²) in [5.41, 5.74) is 1.47. The maximum atomic E-state index is 14.8. The van der Waals surface area contributed by atoms with Gasteiger partial charge >= 0.3 is 0 Å². The zero-order chi connectivity index (χ0) is 34.1. The Bertz CT molecular complexity index is 1780. The molecular formula is C37H39Cl2N3O5S. The van der Waals surface area contributed by atoms with Gasteiger partial charge < -0.3 is 15.0 Å². The molecule has 1 saturated carbocycles. The molecule has 48 heavy (non-hydrogen) atoms.